The van der Waals surface area contributed by atoms with Gasteiger partial charge >= 0.3 is 0 Å². The number of fused-ring (bicyclic) bond motifs is 5. The third-order valence-electron chi connectivity index (χ3n) is 7.76. The monoisotopic (exact) mass is 510 g/mol. The van der Waals surface area contributed by atoms with Crippen molar-refractivity contribution < 1.29 is 14.5 Å². The number of halogens is 1. The van der Waals surface area contributed by atoms with E-state index in [1.807, 2.05) is 26.0 Å². The van der Waals surface area contributed by atoms with Crippen LogP contribution in [-0.2, 0) is 9.59 Å². The number of carbonyl (C=O) groups excluding carboxylic acids is 2. The summed E-state index contributed by atoms with van der Waals surface area (Å²) in [5.74, 6) is -2.53. The molecule has 1 saturated carbocycles. The number of aryl methyl sites for hydroxylation is 2. The summed E-state index contributed by atoms with van der Waals surface area (Å²) < 4.78 is 0. The number of carbonyl (C=O) groups is 2. The predicted molar refractivity (Wildman–Crippen MR) is 142 cm³/mol. The first-order valence-electron chi connectivity index (χ1n) is 12.1. The Bertz CT molecular complexity index is 1460. The van der Waals surface area contributed by atoms with Crippen LogP contribution in [0.1, 0.15) is 22.3 Å². The van der Waals surface area contributed by atoms with Crippen molar-refractivity contribution in [2.75, 3.05) is 4.90 Å². The van der Waals surface area contributed by atoms with Crippen LogP contribution in [0, 0.1) is 47.6 Å². The maximum atomic E-state index is 13.8. The zero-order valence-electron chi connectivity index (χ0n) is 20.2. The lowest BCUT2D eigenvalue weighted by atomic mass is 9.85. The van der Waals surface area contributed by atoms with E-state index in [2.05, 4.69) is 48.5 Å². The minimum absolute atomic E-state index is 0.0268. The van der Waals surface area contributed by atoms with Crippen molar-refractivity contribution in [3.8, 4) is 0 Å². The molecule has 4 atom stereocenters. The number of allylic oxidation sites excluding steroid dienone is 3. The van der Waals surface area contributed by atoms with Crippen LogP contribution in [0.3, 0.4) is 0 Å². The average Bonchev–Trinajstić information content (AvgIpc) is 3.51. The van der Waals surface area contributed by atoms with Crippen LogP contribution in [0.4, 0.5) is 11.4 Å². The summed E-state index contributed by atoms with van der Waals surface area (Å²) in [4.78, 5) is 39.6. The molecule has 1 heterocycles. The van der Waals surface area contributed by atoms with Gasteiger partial charge in [-0.1, -0.05) is 83.4 Å². The summed E-state index contributed by atoms with van der Waals surface area (Å²) >= 11 is 5.97. The first kappa shape index (κ1) is 23.4. The normalized spacial score (nSPS) is 23.6. The van der Waals surface area contributed by atoms with E-state index >= 15 is 0 Å². The van der Waals surface area contributed by atoms with Gasteiger partial charge in [0.1, 0.15) is 5.69 Å². The Morgan fingerprint density at radius 3 is 1.76 bits per heavy atom. The second kappa shape index (κ2) is 8.53. The molecule has 1 saturated heterocycles. The maximum Gasteiger partial charge on any atom is 0.294 e. The first-order valence-corrected chi connectivity index (χ1v) is 12.5. The zero-order chi connectivity index (χ0) is 26.0. The molecular formula is C30H23ClN2O4. The van der Waals surface area contributed by atoms with E-state index in [1.165, 1.54) is 18.2 Å². The summed E-state index contributed by atoms with van der Waals surface area (Å²) in [6.07, 6.45) is 4.04. The summed E-state index contributed by atoms with van der Waals surface area (Å²) in [6.45, 7) is 4.07. The van der Waals surface area contributed by atoms with E-state index in [1.54, 1.807) is 0 Å². The number of nitro groups is 1. The van der Waals surface area contributed by atoms with E-state index in [9.17, 15) is 19.7 Å². The standard InChI is InChI=1S/C30H23ClN2O4/c1-16-3-7-18(8-4-16)25(19-9-5-17(2)6-10-19)26-21-12-13-22(26)28-27(21)29(34)32(30(28)35)23-14-11-20(31)15-24(23)33(36)37/h3-15,21-22,27-28H,1-2H3/t21-,22-,27-,28+/m1/s1. The van der Waals surface area contributed by atoms with Gasteiger partial charge < -0.3 is 0 Å². The van der Waals surface area contributed by atoms with Crippen LogP contribution >= 0.6 is 11.6 Å². The molecule has 2 fully saturated rings. The summed E-state index contributed by atoms with van der Waals surface area (Å²) in [5, 5.41) is 11.9. The smallest absolute Gasteiger partial charge is 0.274 e. The largest absolute Gasteiger partial charge is 0.294 e. The van der Waals surface area contributed by atoms with Gasteiger partial charge in [0.15, 0.2) is 0 Å². The highest BCUT2D eigenvalue weighted by molar-refractivity contribution is 6.31. The maximum absolute atomic E-state index is 13.8. The molecule has 184 valence electrons. The summed E-state index contributed by atoms with van der Waals surface area (Å²) in [7, 11) is 0. The van der Waals surface area contributed by atoms with Gasteiger partial charge in [-0.05, 0) is 48.3 Å². The highest BCUT2D eigenvalue weighted by Crippen LogP contribution is 2.59. The van der Waals surface area contributed by atoms with Crippen molar-refractivity contribution in [3.05, 3.63) is 122 Å². The molecule has 7 heteroatoms. The Labute approximate surface area is 219 Å². The molecule has 2 aliphatic carbocycles. The quantitative estimate of drug-likeness (QED) is 0.179. The molecule has 0 aromatic heterocycles. The lowest BCUT2D eigenvalue weighted by Crippen LogP contribution is -2.33. The topological polar surface area (TPSA) is 80.5 Å². The Morgan fingerprint density at radius 2 is 1.30 bits per heavy atom. The van der Waals surface area contributed by atoms with Gasteiger partial charge in [0, 0.05) is 22.9 Å². The van der Waals surface area contributed by atoms with Crippen molar-refractivity contribution in [2.45, 2.75) is 13.8 Å². The molecule has 1 aliphatic heterocycles. The number of anilines is 1. The van der Waals surface area contributed by atoms with Crippen LogP contribution in [0.25, 0.3) is 5.57 Å². The summed E-state index contributed by atoms with van der Waals surface area (Å²) in [6, 6.07) is 20.6. The highest BCUT2D eigenvalue weighted by atomic mass is 35.5. The SMILES string of the molecule is Cc1ccc(C(=C2[C@H]3C=C[C@H]2[C@H]2C(=O)N(c4ccc(Cl)cc4[N+](=O)[O-])C(=O)[C@H]23)c2ccc(C)cc2)cc1. The second-order valence-electron chi connectivity index (χ2n) is 9.95. The molecule has 2 bridgehead atoms. The molecule has 3 aromatic carbocycles. The van der Waals surface area contributed by atoms with Crippen LogP contribution in [-0.4, -0.2) is 16.7 Å². The fourth-order valence-electron chi connectivity index (χ4n) is 6.11. The predicted octanol–water partition coefficient (Wildman–Crippen LogP) is 6.29. The number of amides is 2. The number of nitrogens with zero attached hydrogens (tertiary/aromatic N) is 2. The molecule has 0 unspecified atom stereocenters. The third-order valence-corrected chi connectivity index (χ3v) is 8.00. The first-order chi connectivity index (χ1) is 17.8. The number of imide groups is 1. The molecule has 37 heavy (non-hydrogen) atoms. The minimum atomic E-state index is -0.610. The average molecular weight is 511 g/mol. The number of rotatable bonds is 4. The van der Waals surface area contributed by atoms with Crippen LogP contribution in [0.5, 0.6) is 0 Å². The van der Waals surface area contributed by atoms with Crippen molar-refractivity contribution in [2.24, 2.45) is 23.7 Å². The van der Waals surface area contributed by atoms with Crippen molar-refractivity contribution >= 4 is 40.4 Å². The number of nitro benzene ring substituents is 1. The van der Waals surface area contributed by atoms with Gasteiger partial charge in [0.05, 0.1) is 16.8 Å². The number of hydrogen-bond donors (Lipinski definition) is 0. The fraction of sp³-hybridized carbons (Fsp3) is 0.200. The van der Waals surface area contributed by atoms with Gasteiger partial charge in [0.2, 0.25) is 11.8 Å². The molecule has 0 N–H and O–H groups in total. The minimum Gasteiger partial charge on any atom is -0.274 e. The Hall–Kier alpha value is -4.03. The third kappa shape index (κ3) is 3.55. The van der Waals surface area contributed by atoms with Gasteiger partial charge in [0.25, 0.3) is 5.69 Å². The highest BCUT2D eigenvalue weighted by Gasteiger charge is 2.63. The van der Waals surface area contributed by atoms with Crippen molar-refractivity contribution in [3.63, 3.8) is 0 Å². The molecule has 0 radical (unpaired) electrons. The van der Waals surface area contributed by atoms with E-state index in [0.717, 1.165) is 38.3 Å². The molecule has 3 aliphatic rings. The van der Waals surface area contributed by atoms with Gasteiger partial charge in [-0.3, -0.25) is 19.7 Å². The van der Waals surface area contributed by atoms with E-state index in [4.69, 9.17) is 11.6 Å². The molecule has 6 nitrogen and oxygen atoms in total. The van der Waals surface area contributed by atoms with Crippen molar-refractivity contribution in [1.29, 1.82) is 0 Å². The Morgan fingerprint density at radius 1 is 0.811 bits per heavy atom. The molecule has 2 amide bonds. The Balaban J connectivity index is 1.49. The van der Waals surface area contributed by atoms with Crippen molar-refractivity contribution in [1.82, 2.24) is 0 Å². The fourth-order valence-corrected chi connectivity index (χ4v) is 6.27. The van der Waals surface area contributed by atoms with Gasteiger partial charge in [-0.25, -0.2) is 4.90 Å². The van der Waals surface area contributed by atoms with E-state index < -0.39 is 28.6 Å². The van der Waals surface area contributed by atoms with Gasteiger partial charge in [-0.2, -0.15) is 0 Å². The van der Waals surface area contributed by atoms with E-state index in [-0.39, 0.29) is 28.2 Å². The molecular weight excluding hydrogens is 488 g/mol. The van der Waals surface area contributed by atoms with E-state index in [0.29, 0.717) is 0 Å². The molecule has 0 spiro atoms. The number of hydrogen-bond acceptors (Lipinski definition) is 4. The summed E-state index contributed by atoms with van der Waals surface area (Å²) in [5.41, 5.74) is 6.08. The van der Waals surface area contributed by atoms with Gasteiger partial charge in [-0.15, -0.1) is 0 Å². The van der Waals surface area contributed by atoms with Crippen LogP contribution in [0.2, 0.25) is 5.02 Å². The Kier molecular flexibility index (Phi) is 5.39. The lowest BCUT2D eigenvalue weighted by Gasteiger charge is -2.21. The molecule has 6 rings (SSSR count). The second-order valence-corrected chi connectivity index (χ2v) is 10.4. The zero-order valence-corrected chi connectivity index (χ0v) is 21.0. The lowest BCUT2D eigenvalue weighted by molar-refractivity contribution is -0.384. The van der Waals surface area contributed by atoms with Crippen LogP contribution in [0.15, 0.2) is 84.5 Å². The molecule has 3 aromatic rings. The van der Waals surface area contributed by atoms with Crippen LogP contribution < -0.4 is 4.90 Å². The number of benzene rings is 3.